The zero-order valence-electron chi connectivity index (χ0n) is 13.9. The summed E-state index contributed by atoms with van der Waals surface area (Å²) < 4.78 is 10.9. The van der Waals surface area contributed by atoms with Gasteiger partial charge < -0.3 is 14.8 Å². The number of ether oxygens (including phenoxy) is 2. The number of carbonyl (C=O) groups is 1. The molecule has 2 aromatic rings. The van der Waals surface area contributed by atoms with Crippen LogP contribution in [-0.2, 0) is 11.2 Å². The van der Waals surface area contributed by atoms with Gasteiger partial charge in [-0.05, 0) is 48.7 Å². The van der Waals surface area contributed by atoms with Crippen molar-refractivity contribution in [1.82, 2.24) is 0 Å². The highest BCUT2D eigenvalue weighted by Gasteiger charge is 2.08. The van der Waals surface area contributed by atoms with Crippen molar-refractivity contribution < 1.29 is 14.3 Å². The fourth-order valence-corrected chi connectivity index (χ4v) is 2.22. The van der Waals surface area contributed by atoms with Gasteiger partial charge in [-0.1, -0.05) is 25.1 Å². The largest absolute Gasteiger partial charge is 0.495 e. The molecule has 0 fully saturated rings. The van der Waals surface area contributed by atoms with Gasteiger partial charge in [0.15, 0.2) is 0 Å². The first kappa shape index (κ1) is 16.9. The predicted molar refractivity (Wildman–Crippen MR) is 92.3 cm³/mol. The Bertz CT molecular complexity index is 650. The number of amides is 1. The zero-order chi connectivity index (χ0) is 16.7. The number of nitrogens with one attached hydrogen (secondary N) is 1. The van der Waals surface area contributed by atoms with Crippen LogP contribution in [0.5, 0.6) is 11.5 Å². The Labute approximate surface area is 137 Å². The van der Waals surface area contributed by atoms with Crippen LogP contribution in [0.25, 0.3) is 0 Å². The molecule has 4 nitrogen and oxygen atoms in total. The maximum Gasteiger partial charge on any atom is 0.227 e. The average Bonchev–Trinajstić information content (AvgIpc) is 2.56. The number of aryl methyl sites for hydroxylation is 2. The molecular weight excluding hydrogens is 290 g/mol. The molecule has 0 bridgehead atoms. The molecular formula is C19H23NO3. The van der Waals surface area contributed by atoms with Crippen molar-refractivity contribution in [2.45, 2.75) is 26.7 Å². The minimum Gasteiger partial charge on any atom is -0.495 e. The molecule has 0 heterocycles. The lowest BCUT2D eigenvalue weighted by Gasteiger charge is -2.11. The van der Waals surface area contributed by atoms with Crippen LogP contribution in [0.1, 0.15) is 24.5 Å². The zero-order valence-corrected chi connectivity index (χ0v) is 13.9. The van der Waals surface area contributed by atoms with E-state index in [4.69, 9.17) is 9.47 Å². The van der Waals surface area contributed by atoms with Crippen molar-refractivity contribution in [1.29, 1.82) is 0 Å². The Morgan fingerprint density at radius 1 is 1.13 bits per heavy atom. The number of benzene rings is 2. The van der Waals surface area contributed by atoms with E-state index in [-0.39, 0.29) is 12.3 Å². The van der Waals surface area contributed by atoms with Crippen LogP contribution in [0.3, 0.4) is 0 Å². The van der Waals surface area contributed by atoms with E-state index in [1.54, 1.807) is 7.11 Å². The first-order valence-electron chi connectivity index (χ1n) is 7.78. The first-order valence-corrected chi connectivity index (χ1v) is 7.78. The molecule has 0 saturated heterocycles. The quantitative estimate of drug-likeness (QED) is 0.841. The standard InChI is InChI=1S/C19H23NO3/c1-4-15-6-8-16(9-7-15)23-12-11-19(21)20-17-13-14(2)5-10-18(17)22-3/h5-10,13H,4,11-12H2,1-3H3,(H,20,21). The maximum absolute atomic E-state index is 12.0. The van der Waals surface area contributed by atoms with Crippen molar-refractivity contribution in [2.24, 2.45) is 0 Å². The summed E-state index contributed by atoms with van der Waals surface area (Å²) >= 11 is 0. The number of rotatable bonds is 7. The summed E-state index contributed by atoms with van der Waals surface area (Å²) in [7, 11) is 1.59. The number of anilines is 1. The lowest BCUT2D eigenvalue weighted by Crippen LogP contribution is -2.15. The van der Waals surface area contributed by atoms with Crippen molar-refractivity contribution in [3.63, 3.8) is 0 Å². The fraction of sp³-hybridized carbons (Fsp3) is 0.316. The molecule has 4 heteroatoms. The summed E-state index contributed by atoms with van der Waals surface area (Å²) in [5.41, 5.74) is 3.01. The van der Waals surface area contributed by atoms with E-state index in [1.165, 1.54) is 5.56 Å². The molecule has 2 rings (SSSR count). The van der Waals surface area contributed by atoms with Crippen LogP contribution in [-0.4, -0.2) is 19.6 Å². The lowest BCUT2D eigenvalue weighted by atomic mass is 10.2. The van der Waals surface area contributed by atoms with Gasteiger partial charge >= 0.3 is 0 Å². The van der Waals surface area contributed by atoms with Crippen LogP contribution in [0, 0.1) is 6.92 Å². The molecule has 122 valence electrons. The minimum atomic E-state index is -0.0981. The average molecular weight is 313 g/mol. The van der Waals surface area contributed by atoms with Gasteiger partial charge in [-0.2, -0.15) is 0 Å². The Morgan fingerprint density at radius 2 is 1.87 bits per heavy atom. The number of carbonyl (C=O) groups excluding carboxylic acids is 1. The Morgan fingerprint density at radius 3 is 2.52 bits per heavy atom. The van der Waals surface area contributed by atoms with Crippen molar-refractivity contribution in [3.8, 4) is 11.5 Å². The van der Waals surface area contributed by atoms with Gasteiger partial charge in [-0.3, -0.25) is 4.79 Å². The molecule has 0 saturated carbocycles. The van der Waals surface area contributed by atoms with E-state index in [9.17, 15) is 4.79 Å². The molecule has 1 amide bonds. The number of methoxy groups -OCH3 is 1. The summed E-state index contributed by atoms with van der Waals surface area (Å²) in [5.74, 6) is 1.34. The summed E-state index contributed by atoms with van der Waals surface area (Å²) in [5, 5.41) is 2.86. The summed E-state index contributed by atoms with van der Waals surface area (Å²) in [6, 6.07) is 13.6. The van der Waals surface area contributed by atoms with Crippen molar-refractivity contribution in [3.05, 3.63) is 53.6 Å². The molecule has 0 aliphatic heterocycles. The molecule has 0 aliphatic rings. The molecule has 0 unspecified atom stereocenters. The van der Waals surface area contributed by atoms with E-state index in [1.807, 2.05) is 49.4 Å². The second-order valence-electron chi connectivity index (χ2n) is 5.35. The van der Waals surface area contributed by atoms with Gasteiger partial charge in [0.2, 0.25) is 5.91 Å². The first-order chi connectivity index (χ1) is 11.1. The number of hydrogen-bond donors (Lipinski definition) is 1. The van der Waals surface area contributed by atoms with E-state index in [0.717, 1.165) is 17.7 Å². The summed E-state index contributed by atoms with van der Waals surface area (Å²) in [4.78, 5) is 12.0. The summed E-state index contributed by atoms with van der Waals surface area (Å²) in [6.07, 6.45) is 1.29. The van der Waals surface area contributed by atoms with Crippen LogP contribution < -0.4 is 14.8 Å². The summed E-state index contributed by atoms with van der Waals surface area (Å²) in [6.45, 7) is 4.42. The highest BCUT2D eigenvalue weighted by molar-refractivity contribution is 5.92. The Hall–Kier alpha value is -2.49. The van der Waals surface area contributed by atoms with Gasteiger partial charge in [0.25, 0.3) is 0 Å². The number of hydrogen-bond acceptors (Lipinski definition) is 3. The SMILES string of the molecule is CCc1ccc(OCCC(=O)Nc2cc(C)ccc2OC)cc1. The highest BCUT2D eigenvalue weighted by atomic mass is 16.5. The third-order valence-electron chi connectivity index (χ3n) is 3.56. The molecule has 0 aliphatic carbocycles. The molecule has 0 atom stereocenters. The molecule has 1 N–H and O–H groups in total. The van der Waals surface area contributed by atoms with Crippen LogP contribution in [0.15, 0.2) is 42.5 Å². The van der Waals surface area contributed by atoms with E-state index in [2.05, 4.69) is 12.2 Å². The molecule has 23 heavy (non-hydrogen) atoms. The molecule has 0 spiro atoms. The topological polar surface area (TPSA) is 47.6 Å². The van der Waals surface area contributed by atoms with Crippen molar-refractivity contribution in [2.75, 3.05) is 19.0 Å². The van der Waals surface area contributed by atoms with Crippen LogP contribution in [0.4, 0.5) is 5.69 Å². The third kappa shape index (κ3) is 5.02. The van der Waals surface area contributed by atoms with E-state index in [0.29, 0.717) is 18.0 Å². The molecule has 0 radical (unpaired) electrons. The molecule has 0 aromatic heterocycles. The normalized spacial score (nSPS) is 10.2. The smallest absolute Gasteiger partial charge is 0.227 e. The Balaban J connectivity index is 1.84. The van der Waals surface area contributed by atoms with Crippen LogP contribution >= 0.6 is 0 Å². The predicted octanol–water partition coefficient (Wildman–Crippen LogP) is 3.97. The second kappa shape index (κ2) is 8.22. The Kier molecular flexibility index (Phi) is 6.03. The minimum absolute atomic E-state index is 0.0981. The monoisotopic (exact) mass is 313 g/mol. The van der Waals surface area contributed by atoms with Gasteiger partial charge in [-0.25, -0.2) is 0 Å². The molecule has 2 aromatic carbocycles. The maximum atomic E-state index is 12.0. The second-order valence-corrected chi connectivity index (χ2v) is 5.35. The van der Waals surface area contributed by atoms with Crippen LogP contribution in [0.2, 0.25) is 0 Å². The van der Waals surface area contributed by atoms with E-state index < -0.39 is 0 Å². The third-order valence-corrected chi connectivity index (χ3v) is 3.56. The van der Waals surface area contributed by atoms with Gasteiger partial charge in [0.1, 0.15) is 11.5 Å². The lowest BCUT2D eigenvalue weighted by molar-refractivity contribution is -0.116. The van der Waals surface area contributed by atoms with Gasteiger partial charge in [0, 0.05) is 0 Å². The van der Waals surface area contributed by atoms with E-state index >= 15 is 0 Å². The highest BCUT2D eigenvalue weighted by Crippen LogP contribution is 2.25. The van der Waals surface area contributed by atoms with Gasteiger partial charge in [-0.15, -0.1) is 0 Å². The van der Waals surface area contributed by atoms with Gasteiger partial charge in [0.05, 0.1) is 25.8 Å². The van der Waals surface area contributed by atoms with Crippen molar-refractivity contribution >= 4 is 11.6 Å². The fourth-order valence-electron chi connectivity index (χ4n) is 2.22.